The number of carbonyl (C=O) groups excluding carboxylic acids is 1. The maximum atomic E-state index is 12.4. The standard InChI is InChI=1S/C23H19N3O5S/c1-13-10-14(2)18(26(28)29)12-16(13)19-9-8-15(31-19)11-21-22(27)25-23(32-21)24-17-6-4-5-7-20(17)30-3/h4-12H,1-3H3,(H,24,25,27)/b21-11-. The van der Waals surface area contributed by atoms with E-state index >= 15 is 0 Å². The van der Waals surface area contributed by atoms with E-state index in [2.05, 4.69) is 10.3 Å². The molecule has 0 aliphatic carbocycles. The number of aliphatic imine (C=N–C) groups is 1. The van der Waals surface area contributed by atoms with Crippen LogP contribution in [0.15, 0.2) is 62.8 Å². The highest BCUT2D eigenvalue weighted by Gasteiger charge is 2.25. The second-order valence-corrected chi connectivity index (χ2v) is 8.10. The summed E-state index contributed by atoms with van der Waals surface area (Å²) >= 11 is 1.19. The molecule has 4 rings (SSSR count). The molecule has 162 valence electrons. The zero-order chi connectivity index (χ0) is 22.8. The Morgan fingerprint density at radius 1 is 1.16 bits per heavy atom. The fourth-order valence-corrected chi connectivity index (χ4v) is 4.13. The minimum Gasteiger partial charge on any atom is -0.494 e. The number of amides is 1. The number of ether oxygens (including phenoxy) is 1. The minimum atomic E-state index is -0.411. The quantitative estimate of drug-likeness (QED) is 0.319. The van der Waals surface area contributed by atoms with E-state index in [-0.39, 0.29) is 11.6 Å². The van der Waals surface area contributed by atoms with Gasteiger partial charge in [-0.15, -0.1) is 0 Å². The van der Waals surface area contributed by atoms with Crippen molar-refractivity contribution in [2.24, 2.45) is 4.99 Å². The van der Waals surface area contributed by atoms with Crippen LogP contribution in [0.5, 0.6) is 5.75 Å². The van der Waals surface area contributed by atoms with Crippen LogP contribution in [0.25, 0.3) is 17.4 Å². The molecule has 2 aromatic carbocycles. The van der Waals surface area contributed by atoms with Crippen LogP contribution in [0.1, 0.15) is 16.9 Å². The predicted molar refractivity (Wildman–Crippen MR) is 124 cm³/mol. The number of hydrogen-bond donors (Lipinski definition) is 1. The molecule has 0 atom stereocenters. The summed E-state index contributed by atoms with van der Waals surface area (Å²) in [7, 11) is 1.56. The van der Waals surface area contributed by atoms with Gasteiger partial charge < -0.3 is 14.5 Å². The van der Waals surface area contributed by atoms with Crippen molar-refractivity contribution >= 4 is 40.3 Å². The van der Waals surface area contributed by atoms with Gasteiger partial charge in [0.15, 0.2) is 5.17 Å². The molecule has 1 aromatic heterocycles. The van der Waals surface area contributed by atoms with Gasteiger partial charge in [-0.3, -0.25) is 14.9 Å². The number of carbonyl (C=O) groups is 1. The second kappa shape index (κ2) is 8.72. The largest absolute Gasteiger partial charge is 0.494 e. The summed E-state index contributed by atoms with van der Waals surface area (Å²) in [6.45, 7) is 3.57. The summed E-state index contributed by atoms with van der Waals surface area (Å²) in [6, 6.07) is 14.0. The number of para-hydroxylation sites is 2. The van der Waals surface area contributed by atoms with E-state index in [1.165, 1.54) is 17.8 Å². The molecule has 1 saturated heterocycles. The summed E-state index contributed by atoms with van der Waals surface area (Å²) in [5, 5.41) is 14.5. The van der Waals surface area contributed by atoms with Gasteiger partial charge in [-0.1, -0.05) is 12.1 Å². The average molecular weight is 449 g/mol. The first-order valence-corrected chi connectivity index (χ1v) is 10.5. The molecule has 0 spiro atoms. The summed E-state index contributed by atoms with van der Waals surface area (Å²) in [5.41, 5.74) is 2.72. The molecule has 0 saturated carbocycles. The van der Waals surface area contributed by atoms with Gasteiger partial charge in [0.2, 0.25) is 0 Å². The normalized spacial score (nSPS) is 15.9. The van der Waals surface area contributed by atoms with Crippen LogP contribution in [-0.4, -0.2) is 23.1 Å². The van der Waals surface area contributed by atoms with E-state index < -0.39 is 4.92 Å². The Kier molecular flexibility index (Phi) is 5.83. The van der Waals surface area contributed by atoms with Gasteiger partial charge >= 0.3 is 0 Å². The summed E-state index contributed by atoms with van der Waals surface area (Å²) in [5.74, 6) is 1.26. The van der Waals surface area contributed by atoms with Crippen LogP contribution in [0.4, 0.5) is 11.4 Å². The van der Waals surface area contributed by atoms with Crippen LogP contribution in [0.3, 0.4) is 0 Å². The van der Waals surface area contributed by atoms with Crippen molar-refractivity contribution in [2.75, 3.05) is 7.11 Å². The van der Waals surface area contributed by atoms with Crippen LogP contribution < -0.4 is 10.1 Å². The Balaban J connectivity index is 1.60. The molecule has 3 aromatic rings. The average Bonchev–Trinajstić information content (AvgIpc) is 3.35. The number of amidine groups is 1. The van der Waals surface area contributed by atoms with Gasteiger partial charge in [0, 0.05) is 23.3 Å². The summed E-state index contributed by atoms with van der Waals surface area (Å²) in [6.07, 6.45) is 1.62. The summed E-state index contributed by atoms with van der Waals surface area (Å²) in [4.78, 5) is 28.2. The van der Waals surface area contributed by atoms with Crippen molar-refractivity contribution in [3.8, 4) is 17.1 Å². The Bertz CT molecular complexity index is 1290. The number of aryl methyl sites for hydroxylation is 2. The molecule has 1 amide bonds. The molecule has 0 radical (unpaired) electrons. The minimum absolute atomic E-state index is 0.0322. The molecule has 32 heavy (non-hydrogen) atoms. The zero-order valence-corrected chi connectivity index (χ0v) is 18.4. The molecule has 1 aliphatic heterocycles. The number of furan rings is 1. The number of thioether (sulfide) groups is 1. The molecular weight excluding hydrogens is 430 g/mol. The van der Waals surface area contributed by atoms with E-state index in [1.54, 1.807) is 50.4 Å². The number of rotatable bonds is 5. The fraction of sp³-hybridized carbons (Fsp3) is 0.130. The Morgan fingerprint density at radius 3 is 2.69 bits per heavy atom. The van der Waals surface area contributed by atoms with Crippen LogP contribution in [0, 0.1) is 24.0 Å². The third-order valence-electron chi connectivity index (χ3n) is 4.86. The smallest absolute Gasteiger partial charge is 0.273 e. The van der Waals surface area contributed by atoms with E-state index in [0.29, 0.717) is 44.2 Å². The Morgan fingerprint density at radius 2 is 1.94 bits per heavy atom. The molecule has 0 unspecified atom stereocenters. The third-order valence-corrected chi connectivity index (χ3v) is 5.77. The maximum absolute atomic E-state index is 12.4. The number of hydrogen-bond acceptors (Lipinski definition) is 7. The number of nitro benzene ring substituents is 1. The number of nitrogens with one attached hydrogen (secondary N) is 1. The first kappa shape index (κ1) is 21.4. The highest BCUT2D eigenvalue weighted by Crippen LogP contribution is 2.34. The van der Waals surface area contributed by atoms with Gasteiger partial charge in [0.1, 0.15) is 23.0 Å². The lowest BCUT2D eigenvalue weighted by Gasteiger charge is -2.05. The highest BCUT2D eigenvalue weighted by atomic mass is 32.2. The zero-order valence-electron chi connectivity index (χ0n) is 17.5. The van der Waals surface area contributed by atoms with Crippen molar-refractivity contribution in [1.29, 1.82) is 0 Å². The molecule has 8 nitrogen and oxygen atoms in total. The first-order chi connectivity index (χ1) is 15.4. The van der Waals surface area contributed by atoms with Crippen molar-refractivity contribution in [3.05, 3.63) is 80.4 Å². The van der Waals surface area contributed by atoms with Crippen molar-refractivity contribution in [2.45, 2.75) is 13.8 Å². The van der Waals surface area contributed by atoms with Gasteiger partial charge in [-0.2, -0.15) is 0 Å². The van der Waals surface area contributed by atoms with Crippen LogP contribution >= 0.6 is 11.8 Å². The lowest BCUT2D eigenvalue weighted by molar-refractivity contribution is -0.385. The van der Waals surface area contributed by atoms with Gasteiger partial charge in [-0.05, 0) is 61.5 Å². The molecule has 1 N–H and O–H groups in total. The lowest BCUT2D eigenvalue weighted by atomic mass is 10.0. The van der Waals surface area contributed by atoms with Gasteiger partial charge in [0.25, 0.3) is 11.6 Å². The number of nitro groups is 1. The van der Waals surface area contributed by atoms with Crippen LogP contribution in [0.2, 0.25) is 0 Å². The number of methoxy groups -OCH3 is 1. The van der Waals surface area contributed by atoms with Gasteiger partial charge in [0.05, 0.1) is 16.9 Å². The third kappa shape index (κ3) is 4.28. The molecule has 2 heterocycles. The van der Waals surface area contributed by atoms with Crippen molar-refractivity contribution in [3.63, 3.8) is 0 Å². The van der Waals surface area contributed by atoms with E-state index in [9.17, 15) is 14.9 Å². The molecule has 1 aliphatic rings. The highest BCUT2D eigenvalue weighted by molar-refractivity contribution is 8.18. The molecule has 1 fully saturated rings. The number of benzene rings is 2. The maximum Gasteiger partial charge on any atom is 0.273 e. The van der Waals surface area contributed by atoms with Crippen molar-refractivity contribution < 1.29 is 18.9 Å². The second-order valence-electron chi connectivity index (χ2n) is 7.07. The van der Waals surface area contributed by atoms with Crippen molar-refractivity contribution in [1.82, 2.24) is 5.32 Å². The SMILES string of the molecule is COc1ccccc1N=C1NC(=O)/C(=C/c2ccc(-c3cc([N+](=O)[O-])c(C)cc3C)o2)S1. The summed E-state index contributed by atoms with van der Waals surface area (Å²) < 4.78 is 11.2. The molecular formula is C23H19N3O5S. The topological polar surface area (TPSA) is 107 Å². The fourth-order valence-electron chi connectivity index (χ4n) is 3.32. The molecule has 0 bridgehead atoms. The Hall–Kier alpha value is -3.85. The van der Waals surface area contributed by atoms with Crippen LogP contribution in [-0.2, 0) is 4.79 Å². The van der Waals surface area contributed by atoms with E-state index in [4.69, 9.17) is 9.15 Å². The van der Waals surface area contributed by atoms with E-state index in [0.717, 1.165) is 5.56 Å². The van der Waals surface area contributed by atoms with E-state index in [1.807, 2.05) is 19.1 Å². The lowest BCUT2D eigenvalue weighted by Crippen LogP contribution is -2.19. The number of nitrogens with zero attached hydrogens (tertiary/aromatic N) is 2. The monoisotopic (exact) mass is 449 g/mol. The predicted octanol–water partition coefficient (Wildman–Crippen LogP) is 5.37. The van der Waals surface area contributed by atoms with Gasteiger partial charge in [-0.25, -0.2) is 4.99 Å². The first-order valence-electron chi connectivity index (χ1n) is 9.64. The Labute approximate surface area is 188 Å². The molecule has 9 heteroatoms.